The quantitative estimate of drug-likeness (QED) is 0.534. The van der Waals surface area contributed by atoms with Gasteiger partial charge in [-0.2, -0.15) is 0 Å². The van der Waals surface area contributed by atoms with Crippen LogP contribution in [0.3, 0.4) is 0 Å². The number of amides is 1. The summed E-state index contributed by atoms with van der Waals surface area (Å²) in [5.74, 6) is 1.21. The number of nitrogens with one attached hydrogen (secondary N) is 1. The Bertz CT molecular complexity index is 1090. The van der Waals surface area contributed by atoms with Crippen molar-refractivity contribution in [2.45, 2.75) is 56.6 Å². The van der Waals surface area contributed by atoms with E-state index in [0.29, 0.717) is 13.0 Å². The number of hydrogen-bond donors (Lipinski definition) is 1. The molecule has 180 valence electrons. The molecule has 4 rings (SSSR count). The first-order valence-corrected chi connectivity index (χ1v) is 12.6. The maximum absolute atomic E-state index is 12.6. The third kappa shape index (κ3) is 5.45. The highest BCUT2D eigenvalue weighted by Gasteiger charge is 2.40. The van der Waals surface area contributed by atoms with Crippen LogP contribution in [-0.4, -0.2) is 50.5 Å². The molecule has 1 unspecified atom stereocenters. The van der Waals surface area contributed by atoms with Crippen molar-refractivity contribution in [2.75, 3.05) is 19.6 Å². The van der Waals surface area contributed by atoms with Crippen LogP contribution in [0.15, 0.2) is 47.4 Å². The van der Waals surface area contributed by atoms with Crippen molar-refractivity contribution in [3.63, 3.8) is 0 Å². The van der Waals surface area contributed by atoms with E-state index in [1.54, 1.807) is 18.2 Å². The van der Waals surface area contributed by atoms with E-state index in [1.807, 2.05) is 26.0 Å². The number of ether oxygens (including phenoxy) is 2. The zero-order chi connectivity index (χ0) is 22.7. The first-order valence-electron chi connectivity index (χ1n) is 11.2. The molecule has 2 aliphatic heterocycles. The van der Waals surface area contributed by atoms with E-state index in [0.717, 1.165) is 41.6 Å². The topological polar surface area (TPSA) is 84.9 Å². The Kier molecular flexibility index (Phi) is 8.26. The van der Waals surface area contributed by atoms with Gasteiger partial charge in [-0.05, 0) is 69.8 Å². The Labute approximate surface area is 201 Å². The van der Waals surface area contributed by atoms with Gasteiger partial charge in [-0.25, -0.2) is 12.7 Å². The number of halogens is 1. The Balaban J connectivity index is 0.00000306. The Morgan fingerprint density at radius 3 is 2.70 bits per heavy atom. The predicted molar refractivity (Wildman–Crippen MR) is 129 cm³/mol. The van der Waals surface area contributed by atoms with Crippen molar-refractivity contribution in [3.8, 4) is 11.5 Å². The summed E-state index contributed by atoms with van der Waals surface area (Å²) in [6.45, 7) is 5.64. The van der Waals surface area contributed by atoms with E-state index in [9.17, 15) is 13.2 Å². The molecule has 7 nitrogen and oxygen atoms in total. The lowest BCUT2D eigenvalue weighted by Gasteiger charge is -2.28. The van der Waals surface area contributed by atoms with Crippen molar-refractivity contribution < 1.29 is 22.7 Å². The lowest BCUT2D eigenvalue weighted by Crippen LogP contribution is -2.35. The number of para-hydroxylation sites is 1. The van der Waals surface area contributed by atoms with E-state index in [-0.39, 0.29) is 41.6 Å². The van der Waals surface area contributed by atoms with Gasteiger partial charge in [0.1, 0.15) is 11.0 Å². The van der Waals surface area contributed by atoms with Crippen LogP contribution in [0.2, 0.25) is 0 Å². The number of sulfonamides is 1. The molecule has 2 heterocycles. The van der Waals surface area contributed by atoms with Gasteiger partial charge in [-0.15, -0.1) is 12.4 Å². The standard InChI is InChI=1S/C24H30N2O5S.ClH/c1-17(2)30-21-10-7-8-18-12-13-19(31-23(18)21)16-25-14-5-6-15-26-24(27)20-9-3-4-11-22(20)32(26,28)29;/h3-4,7-11,17,19,25H,5-6,12-16H2,1-2H3;1H. The molecule has 9 heteroatoms. The van der Waals surface area contributed by atoms with E-state index in [1.165, 1.54) is 11.6 Å². The van der Waals surface area contributed by atoms with E-state index >= 15 is 0 Å². The molecule has 0 spiro atoms. The second-order valence-electron chi connectivity index (χ2n) is 8.48. The van der Waals surface area contributed by atoms with Crippen molar-refractivity contribution in [3.05, 3.63) is 53.6 Å². The van der Waals surface area contributed by atoms with Gasteiger partial charge < -0.3 is 14.8 Å². The second kappa shape index (κ2) is 10.8. The average Bonchev–Trinajstić information content (AvgIpc) is 2.96. The van der Waals surface area contributed by atoms with Crippen LogP contribution in [0, 0.1) is 0 Å². The zero-order valence-corrected chi connectivity index (χ0v) is 20.6. The summed E-state index contributed by atoms with van der Waals surface area (Å²) in [7, 11) is -3.72. The van der Waals surface area contributed by atoms with E-state index < -0.39 is 15.9 Å². The lowest BCUT2D eigenvalue weighted by atomic mass is 10.0. The number of carbonyl (C=O) groups is 1. The Morgan fingerprint density at radius 1 is 1.15 bits per heavy atom. The van der Waals surface area contributed by atoms with Gasteiger partial charge in [0.05, 0.1) is 11.7 Å². The number of rotatable bonds is 9. The van der Waals surface area contributed by atoms with E-state index in [4.69, 9.17) is 9.47 Å². The third-order valence-corrected chi connectivity index (χ3v) is 7.53. The van der Waals surface area contributed by atoms with Crippen LogP contribution >= 0.6 is 12.4 Å². The highest BCUT2D eigenvalue weighted by molar-refractivity contribution is 7.90. The first kappa shape index (κ1) is 25.3. The van der Waals surface area contributed by atoms with Gasteiger partial charge in [0.25, 0.3) is 15.9 Å². The lowest BCUT2D eigenvalue weighted by molar-refractivity contribution is 0.0869. The van der Waals surface area contributed by atoms with Crippen molar-refractivity contribution in [2.24, 2.45) is 0 Å². The number of aryl methyl sites for hydroxylation is 1. The molecular formula is C24H31ClN2O5S. The molecule has 2 aromatic carbocycles. The second-order valence-corrected chi connectivity index (χ2v) is 10.3. The number of benzene rings is 2. The minimum atomic E-state index is -3.72. The SMILES string of the molecule is CC(C)Oc1cccc2c1OC(CNCCCCN1C(=O)c3ccccc3S1(=O)=O)CC2.Cl. The highest BCUT2D eigenvalue weighted by atomic mass is 35.5. The fourth-order valence-corrected chi connectivity index (χ4v) is 5.75. The first-order chi connectivity index (χ1) is 15.4. The molecule has 0 bridgehead atoms. The minimum absolute atomic E-state index is 0. The number of nitrogens with zero attached hydrogens (tertiary/aromatic N) is 1. The van der Waals surface area contributed by atoms with Gasteiger partial charge in [-0.1, -0.05) is 24.3 Å². The van der Waals surface area contributed by atoms with Gasteiger partial charge in [0.2, 0.25) is 0 Å². The Morgan fingerprint density at radius 2 is 1.94 bits per heavy atom. The molecule has 1 atom stereocenters. The van der Waals surface area contributed by atoms with Crippen molar-refractivity contribution >= 4 is 28.3 Å². The number of fused-ring (bicyclic) bond motifs is 2. The summed E-state index contributed by atoms with van der Waals surface area (Å²) < 4.78 is 38.3. The van der Waals surface area contributed by atoms with Crippen LogP contribution in [0.4, 0.5) is 0 Å². The van der Waals surface area contributed by atoms with Gasteiger partial charge in [0, 0.05) is 13.1 Å². The van der Waals surface area contributed by atoms with Crippen LogP contribution in [0.25, 0.3) is 0 Å². The van der Waals surface area contributed by atoms with Gasteiger partial charge in [-0.3, -0.25) is 4.79 Å². The summed E-state index contributed by atoms with van der Waals surface area (Å²) in [4.78, 5) is 12.5. The normalized spacial score (nSPS) is 18.3. The third-order valence-electron chi connectivity index (χ3n) is 5.69. The molecule has 2 aliphatic rings. The maximum Gasteiger partial charge on any atom is 0.269 e. The van der Waals surface area contributed by atoms with Crippen LogP contribution in [0.1, 0.15) is 49.0 Å². The van der Waals surface area contributed by atoms with Crippen molar-refractivity contribution in [1.29, 1.82) is 0 Å². The molecule has 1 N–H and O–H groups in total. The summed E-state index contributed by atoms with van der Waals surface area (Å²) in [6.07, 6.45) is 3.40. The Hall–Kier alpha value is -2.29. The summed E-state index contributed by atoms with van der Waals surface area (Å²) >= 11 is 0. The zero-order valence-electron chi connectivity index (χ0n) is 19.0. The monoisotopic (exact) mass is 494 g/mol. The molecule has 0 saturated heterocycles. The fourth-order valence-electron chi connectivity index (χ4n) is 4.15. The summed E-state index contributed by atoms with van der Waals surface area (Å²) in [5.41, 5.74) is 1.44. The van der Waals surface area contributed by atoms with E-state index in [2.05, 4.69) is 11.4 Å². The molecule has 2 aromatic rings. The minimum Gasteiger partial charge on any atom is -0.487 e. The molecule has 0 fully saturated rings. The van der Waals surface area contributed by atoms with Gasteiger partial charge in [0.15, 0.2) is 11.5 Å². The molecule has 1 amide bonds. The number of unbranched alkanes of at least 4 members (excludes halogenated alkanes) is 1. The molecule has 33 heavy (non-hydrogen) atoms. The molecule has 0 radical (unpaired) electrons. The maximum atomic E-state index is 12.6. The smallest absolute Gasteiger partial charge is 0.269 e. The fraction of sp³-hybridized carbons (Fsp3) is 0.458. The number of hydrogen-bond acceptors (Lipinski definition) is 6. The summed E-state index contributed by atoms with van der Waals surface area (Å²) in [6, 6.07) is 12.4. The molecule has 0 aromatic heterocycles. The molecular weight excluding hydrogens is 464 g/mol. The van der Waals surface area contributed by atoms with Gasteiger partial charge >= 0.3 is 0 Å². The van der Waals surface area contributed by atoms with Crippen molar-refractivity contribution in [1.82, 2.24) is 9.62 Å². The van der Waals surface area contributed by atoms with Crippen LogP contribution in [0.5, 0.6) is 11.5 Å². The average molecular weight is 495 g/mol. The largest absolute Gasteiger partial charge is 0.487 e. The molecule has 0 aliphatic carbocycles. The number of carbonyl (C=O) groups excluding carboxylic acids is 1. The highest BCUT2D eigenvalue weighted by Crippen LogP contribution is 2.37. The van der Waals surface area contributed by atoms with Crippen LogP contribution < -0.4 is 14.8 Å². The summed E-state index contributed by atoms with van der Waals surface area (Å²) in [5, 5.41) is 3.40. The van der Waals surface area contributed by atoms with Crippen LogP contribution in [-0.2, 0) is 16.4 Å². The predicted octanol–water partition coefficient (Wildman–Crippen LogP) is 3.80. The molecule has 0 saturated carbocycles.